The summed E-state index contributed by atoms with van der Waals surface area (Å²) >= 11 is 0. The Labute approximate surface area is 119 Å². The Kier molecular flexibility index (Phi) is 5.61. The van der Waals surface area contributed by atoms with E-state index in [9.17, 15) is 35.1 Å². The molecule has 1 aliphatic heterocycles. The average molecular weight is 308 g/mol. The molecule has 1 fully saturated rings. The van der Waals surface area contributed by atoms with Gasteiger partial charge in [-0.2, -0.15) is 0 Å². The molecule has 0 aromatic heterocycles. The van der Waals surface area contributed by atoms with Crippen LogP contribution < -0.4 is 10.4 Å². The average Bonchev–Trinajstić information content (AvgIpc) is 2.39. The molecule has 0 saturated carbocycles. The van der Waals surface area contributed by atoms with Gasteiger partial charge in [-0.25, -0.2) is 0 Å². The fourth-order valence-electron chi connectivity index (χ4n) is 2.13. The third-order valence-electron chi connectivity index (χ3n) is 3.19. The number of carbonyl (C=O) groups excluding carboxylic acids is 2. The normalized spacial score (nSPS) is 35.8. The summed E-state index contributed by atoms with van der Waals surface area (Å²) in [6.07, 6.45) is -7.67. The molecule has 2 unspecified atom stereocenters. The van der Waals surface area contributed by atoms with Gasteiger partial charge < -0.3 is 45.5 Å². The lowest BCUT2D eigenvalue weighted by Gasteiger charge is -2.46. The van der Waals surface area contributed by atoms with Gasteiger partial charge in [-0.05, 0) is 0 Å². The molecule has 122 valence electrons. The van der Waals surface area contributed by atoms with E-state index in [0.29, 0.717) is 0 Å². The Balaban J connectivity index is 3.07. The molecule has 6 atom stereocenters. The predicted octanol–water partition coefficient (Wildman–Crippen LogP) is -5.21. The lowest BCUT2D eigenvalue weighted by Crippen LogP contribution is -2.68. The molecule has 1 amide bonds. The predicted molar refractivity (Wildman–Crippen MR) is 62.2 cm³/mol. The Morgan fingerprint density at radius 2 is 2.05 bits per heavy atom. The topological polar surface area (TPSA) is 180 Å². The van der Waals surface area contributed by atoms with Crippen LogP contribution in [0.3, 0.4) is 0 Å². The Morgan fingerprint density at radius 3 is 2.48 bits per heavy atom. The minimum Gasteiger partial charge on any atom is -0.544 e. The van der Waals surface area contributed by atoms with Gasteiger partial charge in [-0.3, -0.25) is 4.79 Å². The van der Waals surface area contributed by atoms with Crippen molar-refractivity contribution in [2.24, 2.45) is 0 Å². The van der Waals surface area contributed by atoms with E-state index < -0.39 is 61.1 Å². The zero-order valence-corrected chi connectivity index (χ0v) is 11.2. The molecule has 6 N–H and O–H groups in total. The third-order valence-corrected chi connectivity index (χ3v) is 3.19. The van der Waals surface area contributed by atoms with Crippen molar-refractivity contribution in [1.29, 1.82) is 0 Å². The number of carboxylic acids is 1. The summed E-state index contributed by atoms with van der Waals surface area (Å²) in [5, 5.41) is 60.8. The third kappa shape index (κ3) is 3.87. The van der Waals surface area contributed by atoms with Crippen LogP contribution in [0.5, 0.6) is 0 Å². The molecule has 1 saturated heterocycles. The van der Waals surface area contributed by atoms with Crippen molar-refractivity contribution in [3.8, 4) is 0 Å². The van der Waals surface area contributed by atoms with Crippen molar-refractivity contribution in [3.05, 3.63) is 0 Å². The van der Waals surface area contributed by atoms with Crippen molar-refractivity contribution < 1.29 is 45.0 Å². The zero-order valence-electron chi connectivity index (χ0n) is 11.2. The number of carbonyl (C=O) groups is 2. The van der Waals surface area contributed by atoms with Crippen LogP contribution in [0, 0.1) is 0 Å². The molecular formula is C11H18NO9-. The lowest BCUT2D eigenvalue weighted by molar-refractivity contribution is -0.374. The highest BCUT2D eigenvalue weighted by molar-refractivity contribution is 5.74. The van der Waals surface area contributed by atoms with Gasteiger partial charge in [0, 0.05) is 13.3 Å². The van der Waals surface area contributed by atoms with Crippen molar-refractivity contribution in [1.82, 2.24) is 5.32 Å². The number of ether oxygens (including phenoxy) is 1. The number of aliphatic hydroxyl groups excluding tert-OH is 4. The lowest BCUT2D eigenvalue weighted by atomic mass is 9.88. The molecule has 10 nitrogen and oxygen atoms in total. The summed E-state index contributed by atoms with van der Waals surface area (Å²) in [5.41, 5.74) is 0. The van der Waals surface area contributed by atoms with Gasteiger partial charge in [-0.15, -0.1) is 0 Å². The molecule has 0 spiro atoms. The number of hydrogen-bond acceptors (Lipinski definition) is 9. The minimum atomic E-state index is -2.89. The number of nitrogens with one attached hydrogen (secondary N) is 1. The Morgan fingerprint density at radius 1 is 1.48 bits per heavy atom. The van der Waals surface area contributed by atoms with Gasteiger partial charge in [0.25, 0.3) is 0 Å². The van der Waals surface area contributed by atoms with Gasteiger partial charge in [0.2, 0.25) is 11.7 Å². The number of carboxylic acid groups (broad SMARTS) is 1. The molecule has 1 aliphatic rings. The van der Waals surface area contributed by atoms with Gasteiger partial charge in [0.15, 0.2) is 0 Å². The number of rotatable bonds is 5. The molecule has 0 radical (unpaired) electrons. The standard InChI is InChI=1S/C11H19NO9/c1-4(14)12-7-5(15)2-11(20,10(18)19)21-9(7)8(17)6(16)3-13/h5-9,13,15-17,20H,2-3H2,1H3,(H,12,14)(H,18,19)/p-1/t5-,6?,7+,8+,9+,11?/m0/s1. The van der Waals surface area contributed by atoms with Crippen LogP contribution in [-0.4, -0.2) is 80.3 Å². The first-order valence-corrected chi connectivity index (χ1v) is 6.16. The van der Waals surface area contributed by atoms with Crippen molar-refractivity contribution >= 4 is 11.9 Å². The first-order chi connectivity index (χ1) is 9.62. The fraction of sp³-hybridized carbons (Fsp3) is 0.818. The zero-order chi connectivity index (χ0) is 16.4. The molecule has 1 rings (SSSR count). The first-order valence-electron chi connectivity index (χ1n) is 6.16. The Bertz CT molecular complexity index is 403. The summed E-state index contributed by atoms with van der Waals surface area (Å²) in [6, 6.07) is -1.29. The largest absolute Gasteiger partial charge is 0.544 e. The van der Waals surface area contributed by atoms with Gasteiger partial charge in [-0.1, -0.05) is 0 Å². The number of amides is 1. The summed E-state index contributed by atoms with van der Waals surface area (Å²) in [5.74, 6) is -5.55. The van der Waals surface area contributed by atoms with Crippen LogP contribution in [0.1, 0.15) is 13.3 Å². The molecule has 10 heteroatoms. The van der Waals surface area contributed by atoms with Gasteiger partial charge in [0.1, 0.15) is 24.3 Å². The highest BCUT2D eigenvalue weighted by atomic mass is 16.7. The van der Waals surface area contributed by atoms with E-state index in [2.05, 4.69) is 5.32 Å². The number of aliphatic carboxylic acids is 1. The Hall–Kier alpha value is -1.30. The molecule has 0 aliphatic carbocycles. The highest BCUT2D eigenvalue weighted by Crippen LogP contribution is 2.29. The van der Waals surface area contributed by atoms with Gasteiger partial charge >= 0.3 is 0 Å². The van der Waals surface area contributed by atoms with E-state index in [1.807, 2.05) is 0 Å². The van der Waals surface area contributed by atoms with Crippen molar-refractivity contribution in [2.75, 3.05) is 6.61 Å². The summed E-state index contributed by atoms with van der Waals surface area (Å²) in [6.45, 7) is 0.228. The maximum absolute atomic E-state index is 11.1. The summed E-state index contributed by atoms with van der Waals surface area (Å²) in [7, 11) is 0. The van der Waals surface area contributed by atoms with E-state index >= 15 is 0 Å². The van der Waals surface area contributed by atoms with Crippen molar-refractivity contribution in [2.45, 2.75) is 49.6 Å². The SMILES string of the molecule is CC(=O)N[C@H]1[C@H]([C@H](O)C(O)CO)OC(O)(C(=O)[O-])C[C@@H]1O. The number of aliphatic hydroxyl groups is 5. The monoisotopic (exact) mass is 308 g/mol. The van der Waals surface area contributed by atoms with E-state index in [-0.39, 0.29) is 0 Å². The molecule has 0 aromatic carbocycles. The fourth-order valence-corrected chi connectivity index (χ4v) is 2.13. The molecule has 21 heavy (non-hydrogen) atoms. The summed E-state index contributed by atoms with van der Waals surface area (Å²) < 4.78 is 4.80. The quantitative estimate of drug-likeness (QED) is 0.289. The first kappa shape index (κ1) is 17.8. The van der Waals surface area contributed by atoms with E-state index in [0.717, 1.165) is 6.92 Å². The van der Waals surface area contributed by atoms with Crippen LogP contribution in [0.2, 0.25) is 0 Å². The smallest absolute Gasteiger partial charge is 0.217 e. The van der Waals surface area contributed by atoms with Crippen LogP contribution in [0.25, 0.3) is 0 Å². The van der Waals surface area contributed by atoms with E-state index in [1.54, 1.807) is 0 Å². The summed E-state index contributed by atoms with van der Waals surface area (Å²) in [4.78, 5) is 22.0. The van der Waals surface area contributed by atoms with E-state index in [1.165, 1.54) is 0 Å². The highest BCUT2D eigenvalue weighted by Gasteiger charge is 2.50. The van der Waals surface area contributed by atoms with Crippen LogP contribution in [-0.2, 0) is 14.3 Å². The maximum atomic E-state index is 11.1. The second-order valence-corrected chi connectivity index (χ2v) is 4.89. The molecule has 0 bridgehead atoms. The number of hydrogen-bond donors (Lipinski definition) is 6. The van der Waals surface area contributed by atoms with Crippen LogP contribution >= 0.6 is 0 Å². The van der Waals surface area contributed by atoms with E-state index in [4.69, 9.17) is 9.84 Å². The minimum absolute atomic E-state index is 0.614. The molecule has 1 heterocycles. The maximum Gasteiger partial charge on any atom is 0.217 e. The molecule has 0 aromatic rings. The van der Waals surface area contributed by atoms with Gasteiger partial charge in [0.05, 0.1) is 18.8 Å². The second-order valence-electron chi connectivity index (χ2n) is 4.89. The second kappa shape index (κ2) is 6.64. The van der Waals surface area contributed by atoms with Crippen LogP contribution in [0.4, 0.5) is 0 Å². The van der Waals surface area contributed by atoms with Crippen LogP contribution in [0.15, 0.2) is 0 Å². The van der Waals surface area contributed by atoms with Crippen molar-refractivity contribution in [3.63, 3.8) is 0 Å². The molecular weight excluding hydrogens is 290 g/mol.